The summed E-state index contributed by atoms with van der Waals surface area (Å²) in [5, 5.41) is 2.33. The van der Waals surface area contributed by atoms with Gasteiger partial charge in [-0.2, -0.15) is 0 Å². The first-order chi connectivity index (χ1) is 16.2. The first kappa shape index (κ1) is 25.9. The van der Waals surface area contributed by atoms with Crippen LogP contribution in [0.1, 0.15) is 34.6 Å². The standard InChI is InChI=1S/C28H36O5Si/c1-6-31-27(30)18-17-24-25(19-32-21(2)29)26(24)20-33-34(28(3,4)5,22-13-9-7-10-14-22)23-15-11-8-12-16-23/h7-18,24-26H,6,19-20H2,1-5H3/b18-17+/t24-,25-,26+/m0/s1. The SMILES string of the molecule is CCOC(=O)/C=C/[C@@H]1[C@@H](CO[Si](c2ccccc2)(c2ccccc2)C(C)(C)C)[C@H]1COC(C)=O. The van der Waals surface area contributed by atoms with Gasteiger partial charge in [0.15, 0.2) is 0 Å². The summed E-state index contributed by atoms with van der Waals surface area (Å²) in [5.74, 6) is -0.277. The second-order valence-corrected chi connectivity index (χ2v) is 14.1. The van der Waals surface area contributed by atoms with Crippen LogP contribution in [0, 0.1) is 17.8 Å². The highest BCUT2D eigenvalue weighted by Crippen LogP contribution is 2.49. The molecular weight excluding hydrogens is 444 g/mol. The van der Waals surface area contributed by atoms with Gasteiger partial charge in [0.05, 0.1) is 13.2 Å². The van der Waals surface area contributed by atoms with Gasteiger partial charge in [0.2, 0.25) is 0 Å². The zero-order valence-corrected chi connectivity index (χ0v) is 21.8. The summed E-state index contributed by atoms with van der Waals surface area (Å²) in [4.78, 5) is 23.3. The molecule has 0 radical (unpaired) electrons. The lowest BCUT2D eigenvalue weighted by Gasteiger charge is -2.43. The van der Waals surface area contributed by atoms with Gasteiger partial charge in [0, 0.05) is 25.5 Å². The maximum Gasteiger partial charge on any atom is 0.330 e. The van der Waals surface area contributed by atoms with Crippen LogP contribution in [-0.4, -0.2) is 40.1 Å². The second-order valence-electron chi connectivity index (χ2n) is 9.79. The van der Waals surface area contributed by atoms with Gasteiger partial charge in [-0.25, -0.2) is 4.79 Å². The highest BCUT2D eigenvalue weighted by molar-refractivity contribution is 6.99. The number of hydrogen-bond acceptors (Lipinski definition) is 5. The van der Waals surface area contributed by atoms with Gasteiger partial charge in [-0.1, -0.05) is 87.5 Å². The van der Waals surface area contributed by atoms with Crippen molar-refractivity contribution in [3.05, 3.63) is 72.8 Å². The third-order valence-electron chi connectivity index (χ3n) is 6.53. The molecule has 2 aromatic rings. The molecule has 6 heteroatoms. The van der Waals surface area contributed by atoms with E-state index in [4.69, 9.17) is 13.9 Å². The summed E-state index contributed by atoms with van der Waals surface area (Å²) in [6, 6.07) is 21.0. The molecule has 2 aromatic carbocycles. The van der Waals surface area contributed by atoms with Gasteiger partial charge in [-0.3, -0.25) is 4.79 Å². The van der Waals surface area contributed by atoms with Gasteiger partial charge in [0.1, 0.15) is 0 Å². The number of carbonyl (C=O) groups excluding carboxylic acids is 2. The molecule has 0 unspecified atom stereocenters. The molecule has 182 valence electrons. The van der Waals surface area contributed by atoms with Crippen molar-refractivity contribution in [1.29, 1.82) is 0 Å². The van der Waals surface area contributed by atoms with Crippen LogP contribution in [0.3, 0.4) is 0 Å². The van der Waals surface area contributed by atoms with Crippen LogP contribution in [-0.2, 0) is 23.5 Å². The maximum absolute atomic E-state index is 11.9. The number of ether oxygens (including phenoxy) is 2. The molecule has 0 amide bonds. The average Bonchev–Trinajstić information content (AvgIpc) is 3.48. The lowest BCUT2D eigenvalue weighted by molar-refractivity contribution is -0.141. The van der Waals surface area contributed by atoms with Crippen molar-refractivity contribution in [2.24, 2.45) is 17.8 Å². The summed E-state index contributed by atoms with van der Waals surface area (Å²) < 4.78 is 17.4. The number of hydrogen-bond donors (Lipinski definition) is 0. The Kier molecular flexibility index (Phi) is 8.50. The second kappa shape index (κ2) is 11.1. The van der Waals surface area contributed by atoms with Crippen molar-refractivity contribution in [2.45, 2.75) is 39.7 Å². The smallest absolute Gasteiger partial charge is 0.330 e. The van der Waals surface area contributed by atoms with E-state index in [0.29, 0.717) is 19.8 Å². The van der Waals surface area contributed by atoms with E-state index in [-0.39, 0.29) is 34.7 Å². The van der Waals surface area contributed by atoms with E-state index in [9.17, 15) is 9.59 Å². The molecule has 0 bridgehead atoms. The Balaban J connectivity index is 1.90. The predicted octanol–water partition coefficient (Wildman–Crippen LogP) is 4.11. The molecule has 34 heavy (non-hydrogen) atoms. The summed E-state index contributed by atoms with van der Waals surface area (Å²) in [5.41, 5.74) is 0. The molecule has 5 nitrogen and oxygen atoms in total. The van der Waals surface area contributed by atoms with E-state index in [1.807, 2.05) is 18.2 Å². The van der Waals surface area contributed by atoms with E-state index in [1.54, 1.807) is 6.92 Å². The van der Waals surface area contributed by atoms with E-state index in [2.05, 4.69) is 69.3 Å². The van der Waals surface area contributed by atoms with Crippen LogP contribution in [0.25, 0.3) is 0 Å². The minimum atomic E-state index is -2.66. The molecule has 1 fully saturated rings. The number of rotatable bonds is 10. The van der Waals surface area contributed by atoms with Crippen LogP contribution in [0.5, 0.6) is 0 Å². The molecule has 1 aliphatic rings. The van der Waals surface area contributed by atoms with Gasteiger partial charge >= 0.3 is 11.9 Å². The summed E-state index contributed by atoms with van der Waals surface area (Å²) in [6.07, 6.45) is 3.36. The van der Waals surface area contributed by atoms with Crippen LogP contribution in [0.4, 0.5) is 0 Å². The van der Waals surface area contributed by atoms with Crippen molar-refractivity contribution < 1.29 is 23.5 Å². The number of benzene rings is 2. The number of esters is 2. The predicted molar refractivity (Wildman–Crippen MR) is 136 cm³/mol. The fourth-order valence-electron chi connectivity index (χ4n) is 4.81. The van der Waals surface area contributed by atoms with Crippen molar-refractivity contribution in [2.75, 3.05) is 19.8 Å². The quantitative estimate of drug-likeness (QED) is 0.291. The lowest BCUT2D eigenvalue weighted by atomic mass is 10.2. The van der Waals surface area contributed by atoms with Crippen LogP contribution < -0.4 is 10.4 Å². The van der Waals surface area contributed by atoms with Gasteiger partial charge < -0.3 is 13.9 Å². The molecule has 0 heterocycles. The van der Waals surface area contributed by atoms with Crippen molar-refractivity contribution in [1.82, 2.24) is 0 Å². The highest BCUT2D eigenvalue weighted by Gasteiger charge is 2.54. The van der Waals surface area contributed by atoms with E-state index >= 15 is 0 Å². The van der Waals surface area contributed by atoms with Crippen molar-refractivity contribution in [3.63, 3.8) is 0 Å². The Morgan fingerprint density at radius 3 is 1.88 bits per heavy atom. The third kappa shape index (κ3) is 5.86. The molecular formula is C28H36O5Si. The summed E-state index contributed by atoms with van der Waals surface area (Å²) in [7, 11) is -2.66. The first-order valence-corrected chi connectivity index (χ1v) is 13.8. The van der Waals surface area contributed by atoms with Crippen molar-refractivity contribution >= 4 is 30.6 Å². The molecule has 3 rings (SSSR count). The summed E-state index contributed by atoms with van der Waals surface area (Å²) in [6.45, 7) is 11.1. The van der Waals surface area contributed by atoms with Crippen LogP contribution in [0.15, 0.2) is 72.8 Å². The monoisotopic (exact) mass is 480 g/mol. The van der Waals surface area contributed by atoms with Crippen molar-refractivity contribution in [3.8, 4) is 0 Å². The Bertz CT molecular complexity index is 941. The number of allylic oxidation sites excluding steroid dienone is 1. The Labute approximate surface area is 204 Å². The molecule has 3 atom stereocenters. The molecule has 0 saturated heterocycles. The van der Waals surface area contributed by atoms with Gasteiger partial charge in [-0.05, 0) is 34.2 Å². The highest BCUT2D eigenvalue weighted by atomic mass is 28.4. The molecule has 1 saturated carbocycles. The first-order valence-electron chi connectivity index (χ1n) is 11.9. The van der Waals surface area contributed by atoms with E-state index in [0.717, 1.165) is 0 Å². The fraction of sp³-hybridized carbons (Fsp3) is 0.429. The molecule has 0 aromatic heterocycles. The zero-order chi connectivity index (χ0) is 24.8. The third-order valence-corrected chi connectivity index (χ3v) is 11.5. The lowest BCUT2D eigenvalue weighted by Crippen LogP contribution is -2.66. The maximum atomic E-state index is 11.9. The van der Waals surface area contributed by atoms with Crippen LogP contribution >= 0.6 is 0 Å². The van der Waals surface area contributed by atoms with Crippen LogP contribution in [0.2, 0.25) is 5.04 Å². The molecule has 0 N–H and O–H groups in total. The summed E-state index contributed by atoms with van der Waals surface area (Å²) >= 11 is 0. The zero-order valence-electron chi connectivity index (χ0n) is 20.8. The Morgan fingerprint density at radius 2 is 1.41 bits per heavy atom. The minimum Gasteiger partial charge on any atom is -0.466 e. The topological polar surface area (TPSA) is 61.8 Å². The average molecular weight is 481 g/mol. The molecule has 0 aliphatic heterocycles. The Hall–Kier alpha value is -2.70. The minimum absolute atomic E-state index is 0.0990. The van der Waals surface area contributed by atoms with Gasteiger partial charge in [0.25, 0.3) is 8.32 Å². The largest absolute Gasteiger partial charge is 0.466 e. The van der Waals surface area contributed by atoms with Gasteiger partial charge in [-0.15, -0.1) is 0 Å². The fourth-order valence-corrected chi connectivity index (χ4v) is 9.40. The Morgan fingerprint density at radius 1 is 0.882 bits per heavy atom. The molecule has 1 aliphatic carbocycles. The van der Waals surface area contributed by atoms with E-state index < -0.39 is 8.32 Å². The molecule has 0 spiro atoms. The normalized spacial score (nSPS) is 20.2. The van der Waals surface area contributed by atoms with E-state index in [1.165, 1.54) is 23.4 Å². The number of carbonyl (C=O) groups is 2.